The van der Waals surface area contributed by atoms with Gasteiger partial charge in [-0.15, -0.1) is 0 Å². The monoisotopic (exact) mass is 842 g/mol. The Morgan fingerprint density at radius 1 is 0.845 bits per heavy atom. The minimum atomic E-state index is -1.74. The van der Waals surface area contributed by atoms with Crippen molar-refractivity contribution in [2.24, 2.45) is 0 Å². The molecule has 8 rings (SSSR count). The van der Waals surface area contributed by atoms with Gasteiger partial charge in [0, 0.05) is 18.2 Å². The normalized spacial score (nSPS) is 29.3. The van der Waals surface area contributed by atoms with Crippen molar-refractivity contribution < 1.29 is 59.1 Å². The van der Waals surface area contributed by atoms with Gasteiger partial charge in [0.1, 0.15) is 48.4 Å². The van der Waals surface area contributed by atoms with Crippen molar-refractivity contribution in [3.05, 3.63) is 50.5 Å². The van der Waals surface area contributed by atoms with Crippen LogP contribution in [0.3, 0.4) is 0 Å². The maximum absolute atomic E-state index is 14.1. The Labute approximate surface area is 328 Å². The molecule has 0 amide bonds. The third-order valence-corrected chi connectivity index (χ3v) is 9.57. The van der Waals surface area contributed by atoms with Gasteiger partial charge in [-0.2, -0.15) is 19.9 Å². The number of H-pyrrole nitrogens is 1. The number of rotatable bonds is 7. The van der Waals surface area contributed by atoms with Crippen molar-refractivity contribution in [1.82, 2.24) is 48.6 Å². The Hall–Kier alpha value is -5.00. The molecular weight excluding hydrogens is 803 g/mol. The van der Waals surface area contributed by atoms with Gasteiger partial charge in [-0.3, -0.25) is 23.5 Å². The number of aromatic amines is 1. The molecule has 316 valence electrons. The van der Waals surface area contributed by atoms with Crippen LogP contribution in [0, 0.1) is 6.92 Å². The number of aromatic nitrogens is 10. The van der Waals surface area contributed by atoms with Crippen LogP contribution in [0.15, 0.2) is 28.4 Å². The molecule has 27 heteroatoms. The van der Waals surface area contributed by atoms with Crippen LogP contribution in [0.25, 0.3) is 22.3 Å². The molecule has 11 atom stereocenters. The summed E-state index contributed by atoms with van der Waals surface area (Å²) < 4.78 is 39.1. The van der Waals surface area contributed by atoms with Gasteiger partial charge in [-0.05, 0) is 18.5 Å². The lowest BCUT2D eigenvalue weighted by Gasteiger charge is -2.16. The number of imidazole rings is 2. The van der Waals surface area contributed by atoms with Crippen LogP contribution < -0.4 is 27.5 Å². The smallest absolute Gasteiger partial charge is 0.330 e. The van der Waals surface area contributed by atoms with E-state index in [4.69, 9.17) is 57.3 Å². The van der Waals surface area contributed by atoms with Gasteiger partial charge in [0.05, 0.1) is 45.7 Å². The summed E-state index contributed by atoms with van der Waals surface area (Å²) in [5.74, 6) is 0.238. The highest BCUT2D eigenvalue weighted by Gasteiger charge is 2.46. The number of anilines is 2. The number of nitrogens with two attached hydrogens (primary N) is 2. The molecule has 3 aliphatic rings. The summed E-state index contributed by atoms with van der Waals surface area (Å²) in [4.78, 5) is 48.6. The molecule has 0 aromatic carbocycles. The molecular formula is C31H40ClFN12O13. The highest BCUT2D eigenvalue weighted by atomic mass is 35.5. The third-order valence-electron chi connectivity index (χ3n) is 9.40. The summed E-state index contributed by atoms with van der Waals surface area (Å²) in [6.07, 6.45) is -7.55. The Morgan fingerprint density at radius 2 is 1.45 bits per heavy atom. The molecule has 12 N–H and O–H groups in total. The van der Waals surface area contributed by atoms with Crippen LogP contribution in [0.2, 0.25) is 5.28 Å². The number of hydrogen-bond donors (Lipinski definition) is 10. The molecule has 58 heavy (non-hydrogen) atoms. The van der Waals surface area contributed by atoms with Gasteiger partial charge in [0.25, 0.3) is 5.56 Å². The van der Waals surface area contributed by atoms with E-state index in [0.717, 1.165) is 0 Å². The second-order valence-electron chi connectivity index (χ2n) is 13.1. The standard InChI is InChI=1S/C11H15N5O5.C10H11ClFN5O3.C10H14N2O5/c1-20-9-5-8(14-11(12)15-9)16(3-13-5)10-7(19)6(18)4(2-17)21-10;11-10-15-7(13)5-8(16-10)17(2-14-5)9-4(12)6(19)3(1-18)20-9;1-5-3-12(10(16)11-9(5)15)8-2-6(14)7(4-13)17-8/h3-4,6-7,10,17-19H,2H2,1H3,(H2,12,14,15);2-4,6,9,18-19H,1H2,(H2,13,15,16);3,6-8,13-14H,2,4H2,1H3,(H,11,15,16)/t4-,6+,7?,10-;3-,4?,6+,9-;6-,7-,8-/m111/s1. The summed E-state index contributed by atoms with van der Waals surface area (Å²) >= 11 is 5.71. The Balaban J connectivity index is 0.000000148. The topological polar surface area (TPSA) is 373 Å². The number of nitrogen functional groups attached to an aromatic ring is 2. The molecule has 0 spiro atoms. The van der Waals surface area contributed by atoms with Crippen molar-refractivity contribution in [2.75, 3.05) is 38.4 Å². The molecule has 5 aromatic rings. The fourth-order valence-electron chi connectivity index (χ4n) is 6.37. The van der Waals surface area contributed by atoms with Gasteiger partial charge >= 0.3 is 5.69 Å². The van der Waals surface area contributed by atoms with Gasteiger partial charge in [-0.1, -0.05) is 0 Å². The molecule has 25 nitrogen and oxygen atoms in total. The summed E-state index contributed by atoms with van der Waals surface area (Å²) in [6, 6.07) is 0. The van der Waals surface area contributed by atoms with E-state index in [0.29, 0.717) is 16.7 Å². The maximum atomic E-state index is 14.1. The van der Waals surface area contributed by atoms with Gasteiger partial charge in [0.15, 0.2) is 41.3 Å². The number of nitrogens with one attached hydrogen (secondary N) is 1. The first kappa shape index (κ1) is 42.6. The summed E-state index contributed by atoms with van der Waals surface area (Å²) in [5.41, 5.74) is 11.7. The molecule has 0 saturated carbocycles. The average Bonchev–Trinajstić information content (AvgIpc) is 4.01. The molecule has 5 aromatic heterocycles. The molecule has 2 unspecified atom stereocenters. The quantitative estimate of drug-likeness (QED) is 0.0701. The van der Waals surface area contributed by atoms with Crippen LogP contribution in [-0.2, 0) is 14.2 Å². The maximum Gasteiger partial charge on any atom is 0.330 e. The summed E-state index contributed by atoms with van der Waals surface area (Å²) in [6.45, 7) is 0.350. The van der Waals surface area contributed by atoms with Gasteiger partial charge in [-0.25, -0.2) is 19.2 Å². The third kappa shape index (κ3) is 8.16. The molecule has 8 heterocycles. The van der Waals surface area contributed by atoms with E-state index in [9.17, 15) is 34.4 Å². The second kappa shape index (κ2) is 17.5. The Morgan fingerprint density at radius 3 is 2.05 bits per heavy atom. The van der Waals surface area contributed by atoms with Crippen molar-refractivity contribution in [1.29, 1.82) is 0 Å². The predicted octanol–water partition coefficient (Wildman–Crippen LogP) is -3.84. The van der Waals surface area contributed by atoms with Crippen molar-refractivity contribution in [3.8, 4) is 5.88 Å². The average molecular weight is 843 g/mol. The van der Waals surface area contributed by atoms with Crippen LogP contribution in [0.1, 0.15) is 30.7 Å². The first-order chi connectivity index (χ1) is 27.6. The number of nitrogens with zero attached hydrogens (tertiary/aromatic N) is 9. The number of ether oxygens (including phenoxy) is 4. The Kier molecular flexibility index (Phi) is 12.8. The molecule has 0 radical (unpaired) electrons. The molecule has 3 aliphatic heterocycles. The largest absolute Gasteiger partial charge is 0.479 e. The van der Waals surface area contributed by atoms with Crippen molar-refractivity contribution in [2.45, 2.75) is 80.9 Å². The fourth-order valence-corrected chi connectivity index (χ4v) is 6.54. The predicted molar refractivity (Wildman–Crippen MR) is 194 cm³/mol. The Bertz CT molecular complexity index is 2350. The number of aliphatic hydroxyl groups is 7. The van der Waals surface area contributed by atoms with Crippen molar-refractivity contribution in [3.63, 3.8) is 0 Å². The number of fused-ring (bicyclic) bond motifs is 2. The fraction of sp³-hybridized carbons (Fsp3) is 0.548. The zero-order valence-corrected chi connectivity index (χ0v) is 31.2. The minimum Gasteiger partial charge on any atom is -0.479 e. The van der Waals surface area contributed by atoms with E-state index in [-0.39, 0.29) is 47.1 Å². The highest BCUT2D eigenvalue weighted by Crippen LogP contribution is 2.35. The lowest BCUT2D eigenvalue weighted by atomic mass is 10.1. The summed E-state index contributed by atoms with van der Waals surface area (Å²) in [7, 11) is 1.42. The number of halogens is 2. The molecule has 3 fully saturated rings. The van der Waals surface area contributed by atoms with Gasteiger partial charge in [0.2, 0.25) is 17.1 Å². The zero-order valence-electron chi connectivity index (χ0n) is 30.4. The van der Waals surface area contributed by atoms with E-state index in [1.807, 2.05) is 0 Å². The SMILES string of the molecule is COc1nc(N)nc2c1ncn2[C@@H]1O[C@H](CO)[C@H](O)C1O.Cc1cn([C@H]2C[C@@H](O)[C@@H](CO)O2)c(=O)[nH]c1=O.Nc1nc(Cl)nc2c1ncn2[C@@H]1O[C@H](CO)[C@H](O)C1F. The van der Waals surface area contributed by atoms with E-state index >= 15 is 0 Å². The number of methoxy groups -OCH3 is 1. The second-order valence-corrected chi connectivity index (χ2v) is 13.5. The van der Waals surface area contributed by atoms with Gasteiger partial charge < -0.3 is 66.2 Å². The molecule has 0 bridgehead atoms. The van der Waals surface area contributed by atoms with Crippen molar-refractivity contribution >= 4 is 45.7 Å². The number of aryl methyl sites for hydroxylation is 1. The first-order valence-electron chi connectivity index (χ1n) is 17.3. The minimum absolute atomic E-state index is 0.0205. The lowest BCUT2D eigenvalue weighted by Crippen LogP contribution is -2.33. The number of hydrogen-bond acceptors (Lipinski definition) is 21. The van der Waals surface area contributed by atoms with E-state index in [1.54, 1.807) is 6.92 Å². The van der Waals surface area contributed by atoms with Crippen LogP contribution in [0.5, 0.6) is 5.88 Å². The van der Waals surface area contributed by atoms with E-state index in [1.165, 1.54) is 39.7 Å². The van der Waals surface area contributed by atoms with Crippen LogP contribution in [0.4, 0.5) is 16.2 Å². The number of aliphatic hydroxyl groups excluding tert-OH is 7. The van der Waals surface area contributed by atoms with E-state index in [2.05, 4.69) is 34.9 Å². The highest BCUT2D eigenvalue weighted by molar-refractivity contribution is 6.28. The summed E-state index contributed by atoms with van der Waals surface area (Å²) in [5, 5.41) is 66.0. The number of alkyl halides is 1. The van der Waals surface area contributed by atoms with Crippen LogP contribution >= 0.6 is 11.6 Å². The van der Waals surface area contributed by atoms with Crippen LogP contribution in [-0.4, -0.2) is 160 Å². The first-order valence-corrected chi connectivity index (χ1v) is 17.7. The lowest BCUT2D eigenvalue weighted by molar-refractivity contribution is -0.0511. The zero-order chi connectivity index (χ0) is 42.2. The molecule has 3 saturated heterocycles. The molecule has 0 aliphatic carbocycles. The van der Waals surface area contributed by atoms with E-state index < -0.39 is 92.0 Å².